The Hall–Kier alpha value is -2.60. The Bertz CT molecular complexity index is 793. The van der Waals surface area contributed by atoms with Crippen molar-refractivity contribution in [2.24, 2.45) is 0 Å². The fourth-order valence-electron chi connectivity index (χ4n) is 3.51. The van der Waals surface area contributed by atoms with Crippen LogP contribution in [0, 0.1) is 6.92 Å². The number of carbonyl (C=O) groups excluding carboxylic acids is 1. The molecule has 6 nitrogen and oxygen atoms in total. The lowest BCUT2D eigenvalue weighted by atomic mass is 10.1. The summed E-state index contributed by atoms with van der Waals surface area (Å²) in [6, 6.07) is 9.96. The summed E-state index contributed by atoms with van der Waals surface area (Å²) in [7, 11) is 2.13. The SMILES string of the molecule is CCN(CC)c1ccc(NC(=O)c2ccc(N3CCN(C)CC3)nc2)c(C)c1. The zero-order chi connectivity index (χ0) is 20.1. The van der Waals surface area contributed by atoms with Crippen molar-refractivity contribution < 1.29 is 4.79 Å². The molecule has 0 spiro atoms. The topological polar surface area (TPSA) is 51.7 Å². The highest BCUT2D eigenvalue weighted by molar-refractivity contribution is 6.04. The molecule has 1 saturated heterocycles. The highest BCUT2D eigenvalue weighted by Gasteiger charge is 2.16. The average molecular weight is 382 g/mol. The number of benzene rings is 1. The van der Waals surface area contributed by atoms with Gasteiger partial charge < -0.3 is 20.0 Å². The Balaban J connectivity index is 1.66. The number of nitrogens with zero attached hydrogens (tertiary/aromatic N) is 4. The van der Waals surface area contributed by atoms with Gasteiger partial charge in [-0.25, -0.2) is 4.98 Å². The van der Waals surface area contributed by atoms with Crippen molar-refractivity contribution >= 4 is 23.1 Å². The molecule has 2 heterocycles. The van der Waals surface area contributed by atoms with E-state index in [1.54, 1.807) is 6.20 Å². The molecule has 1 N–H and O–H groups in total. The molecule has 0 radical (unpaired) electrons. The van der Waals surface area contributed by atoms with Gasteiger partial charge in [0.05, 0.1) is 5.56 Å². The summed E-state index contributed by atoms with van der Waals surface area (Å²) in [5.41, 5.74) is 3.65. The van der Waals surface area contributed by atoms with Gasteiger partial charge in [0, 0.05) is 56.8 Å². The first-order chi connectivity index (χ1) is 13.5. The molecule has 0 unspecified atom stereocenters. The van der Waals surface area contributed by atoms with E-state index in [0.717, 1.165) is 56.3 Å². The monoisotopic (exact) mass is 381 g/mol. The Morgan fingerprint density at radius 1 is 1.11 bits per heavy atom. The highest BCUT2D eigenvalue weighted by atomic mass is 16.1. The van der Waals surface area contributed by atoms with E-state index in [9.17, 15) is 4.79 Å². The summed E-state index contributed by atoms with van der Waals surface area (Å²) in [5, 5.41) is 3.02. The third kappa shape index (κ3) is 4.62. The van der Waals surface area contributed by atoms with Crippen LogP contribution in [0.1, 0.15) is 29.8 Å². The second-order valence-corrected chi connectivity index (χ2v) is 7.32. The molecule has 1 amide bonds. The third-order valence-corrected chi connectivity index (χ3v) is 5.42. The summed E-state index contributed by atoms with van der Waals surface area (Å²) < 4.78 is 0. The number of anilines is 3. The molecule has 0 bridgehead atoms. The third-order valence-electron chi connectivity index (χ3n) is 5.42. The van der Waals surface area contributed by atoms with Crippen LogP contribution in [0.2, 0.25) is 0 Å². The minimum atomic E-state index is -0.129. The van der Waals surface area contributed by atoms with Crippen molar-refractivity contribution in [2.75, 3.05) is 61.4 Å². The number of carbonyl (C=O) groups is 1. The van der Waals surface area contributed by atoms with Gasteiger partial charge >= 0.3 is 0 Å². The number of hydrogen-bond donors (Lipinski definition) is 1. The van der Waals surface area contributed by atoms with Crippen LogP contribution in [0.3, 0.4) is 0 Å². The van der Waals surface area contributed by atoms with E-state index in [4.69, 9.17) is 0 Å². The Labute approximate surface area is 168 Å². The molecule has 2 aromatic rings. The molecule has 0 saturated carbocycles. The summed E-state index contributed by atoms with van der Waals surface area (Å²) in [5.74, 6) is 0.806. The number of pyridine rings is 1. The first-order valence-electron chi connectivity index (χ1n) is 10.1. The van der Waals surface area contributed by atoms with Crippen LogP contribution in [0.15, 0.2) is 36.5 Å². The van der Waals surface area contributed by atoms with Crippen LogP contribution in [0.25, 0.3) is 0 Å². The number of aromatic nitrogens is 1. The zero-order valence-corrected chi connectivity index (χ0v) is 17.4. The van der Waals surface area contributed by atoms with Gasteiger partial charge in [-0.05, 0) is 63.7 Å². The van der Waals surface area contributed by atoms with Crippen LogP contribution in [0.5, 0.6) is 0 Å². The Kier molecular flexibility index (Phi) is 6.52. The maximum absolute atomic E-state index is 12.6. The highest BCUT2D eigenvalue weighted by Crippen LogP contribution is 2.23. The lowest BCUT2D eigenvalue weighted by Gasteiger charge is -2.33. The van der Waals surface area contributed by atoms with Crippen LogP contribution >= 0.6 is 0 Å². The van der Waals surface area contributed by atoms with Crippen molar-refractivity contribution in [3.8, 4) is 0 Å². The van der Waals surface area contributed by atoms with Crippen LogP contribution in [-0.2, 0) is 0 Å². The maximum atomic E-state index is 12.6. The van der Waals surface area contributed by atoms with Gasteiger partial charge in [0.25, 0.3) is 5.91 Å². The minimum Gasteiger partial charge on any atom is -0.372 e. The maximum Gasteiger partial charge on any atom is 0.257 e. The van der Waals surface area contributed by atoms with Gasteiger partial charge in [-0.15, -0.1) is 0 Å². The van der Waals surface area contributed by atoms with Crippen molar-refractivity contribution in [2.45, 2.75) is 20.8 Å². The van der Waals surface area contributed by atoms with Gasteiger partial charge in [-0.3, -0.25) is 4.79 Å². The molecule has 28 heavy (non-hydrogen) atoms. The largest absolute Gasteiger partial charge is 0.372 e. The number of hydrogen-bond acceptors (Lipinski definition) is 5. The summed E-state index contributed by atoms with van der Waals surface area (Å²) in [6.07, 6.45) is 1.67. The molecule has 0 aliphatic carbocycles. The van der Waals surface area contributed by atoms with Crippen molar-refractivity contribution in [3.63, 3.8) is 0 Å². The van der Waals surface area contributed by atoms with Gasteiger partial charge in [-0.2, -0.15) is 0 Å². The van der Waals surface area contributed by atoms with Gasteiger partial charge in [0.2, 0.25) is 0 Å². The molecule has 1 fully saturated rings. The molecule has 3 rings (SSSR count). The fourth-order valence-corrected chi connectivity index (χ4v) is 3.51. The van der Waals surface area contributed by atoms with Crippen LogP contribution in [-0.4, -0.2) is 62.1 Å². The van der Waals surface area contributed by atoms with E-state index in [1.165, 1.54) is 5.69 Å². The van der Waals surface area contributed by atoms with Crippen molar-refractivity contribution in [1.29, 1.82) is 0 Å². The Morgan fingerprint density at radius 3 is 2.39 bits per heavy atom. The van der Waals surface area contributed by atoms with E-state index in [1.807, 2.05) is 25.1 Å². The van der Waals surface area contributed by atoms with E-state index in [-0.39, 0.29) is 5.91 Å². The first kappa shape index (κ1) is 20.1. The second-order valence-electron chi connectivity index (χ2n) is 7.32. The van der Waals surface area contributed by atoms with E-state index in [0.29, 0.717) is 5.56 Å². The lowest BCUT2D eigenvalue weighted by Crippen LogP contribution is -2.44. The van der Waals surface area contributed by atoms with Crippen molar-refractivity contribution in [1.82, 2.24) is 9.88 Å². The first-order valence-corrected chi connectivity index (χ1v) is 10.1. The molecule has 1 aromatic heterocycles. The molecule has 1 aliphatic heterocycles. The van der Waals surface area contributed by atoms with E-state index in [2.05, 4.69) is 58.0 Å². The lowest BCUT2D eigenvalue weighted by molar-refractivity contribution is 0.102. The van der Waals surface area contributed by atoms with E-state index >= 15 is 0 Å². The molecular formula is C22H31N5O. The molecule has 1 aliphatic rings. The number of nitrogens with one attached hydrogen (secondary N) is 1. The normalized spacial score (nSPS) is 14.8. The molecule has 1 aromatic carbocycles. The minimum absolute atomic E-state index is 0.129. The molecule has 0 atom stereocenters. The van der Waals surface area contributed by atoms with Crippen LogP contribution in [0.4, 0.5) is 17.2 Å². The predicted molar refractivity (Wildman–Crippen MR) is 117 cm³/mol. The average Bonchev–Trinajstić information content (AvgIpc) is 2.71. The zero-order valence-electron chi connectivity index (χ0n) is 17.4. The standard InChI is InChI=1S/C22H31N5O/c1-5-26(6-2)19-8-9-20(17(3)15-19)24-22(28)18-7-10-21(23-16-18)27-13-11-25(4)12-14-27/h7-10,15-16H,5-6,11-14H2,1-4H3,(H,24,28). The van der Waals surface area contributed by atoms with Gasteiger partial charge in [0.1, 0.15) is 5.82 Å². The number of likely N-dealkylation sites (N-methyl/N-ethyl adjacent to an activating group) is 1. The number of rotatable bonds is 6. The van der Waals surface area contributed by atoms with Crippen molar-refractivity contribution in [3.05, 3.63) is 47.7 Å². The second kappa shape index (κ2) is 9.06. The molecule has 150 valence electrons. The number of amides is 1. The van der Waals surface area contributed by atoms with Crippen LogP contribution < -0.4 is 15.1 Å². The Morgan fingerprint density at radius 2 is 1.82 bits per heavy atom. The quantitative estimate of drug-likeness (QED) is 0.832. The fraction of sp³-hybridized carbons (Fsp3) is 0.455. The summed E-state index contributed by atoms with van der Waals surface area (Å²) in [4.78, 5) is 24.0. The molecule has 6 heteroatoms. The summed E-state index contributed by atoms with van der Waals surface area (Å²) >= 11 is 0. The van der Waals surface area contributed by atoms with E-state index < -0.39 is 0 Å². The molecular weight excluding hydrogens is 350 g/mol. The number of piperazine rings is 1. The summed E-state index contributed by atoms with van der Waals surface area (Å²) in [6.45, 7) is 12.2. The van der Waals surface area contributed by atoms with Gasteiger partial charge in [0.15, 0.2) is 0 Å². The smallest absolute Gasteiger partial charge is 0.257 e. The number of aryl methyl sites for hydroxylation is 1. The predicted octanol–water partition coefficient (Wildman–Crippen LogP) is 3.24. The van der Waals surface area contributed by atoms with Gasteiger partial charge in [-0.1, -0.05) is 0 Å².